The molecule has 0 aliphatic heterocycles. The number of thiophene rings is 1. The van der Waals surface area contributed by atoms with Gasteiger partial charge in [-0.3, -0.25) is 4.79 Å². The summed E-state index contributed by atoms with van der Waals surface area (Å²) in [5.41, 5.74) is 12.4. The van der Waals surface area contributed by atoms with E-state index in [2.05, 4.69) is 25.2 Å². The van der Waals surface area contributed by atoms with Gasteiger partial charge in [0.2, 0.25) is 0 Å². The van der Waals surface area contributed by atoms with Gasteiger partial charge in [-0.1, -0.05) is 31.5 Å². The number of rotatable bonds is 5. The molecule has 0 aliphatic carbocycles. The van der Waals surface area contributed by atoms with Crippen LogP contribution in [0.25, 0.3) is 0 Å². The first-order valence-electron chi connectivity index (χ1n) is 6.59. The number of benzene rings is 1. The van der Waals surface area contributed by atoms with Crippen LogP contribution in [0.3, 0.4) is 0 Å². The quantitative estimate of drug-likeness (QED) is 0.730. The first kappa shape index (κ1) is 15.7. The van der Waals surface area contributed by atoms with E-state index in [4.69, 9.17) is 23.1 Å². The van der Waals surface area contributed by atoms with Crippen LogP contribution in [0.15, 0.2) is 29.6 Å². The lowest BCUT2D eigenvalue weighted by Crippen LogP contribution is -2.20. The van der Waals surface area contributed by atoms with Crippen molar-refractivity contribution < 1.29 is 4.79 Å². The first-order chi connectivity index (χ1) is 9.90. The van der Waals surface area contributed by atoms with Crippen molar-refractivity contribution in [2.45, 2.75) is 19.9 Å². The fourth-order valence-electron chi connectivity index (χ4n) is 2.16. The normalized spacial score (nSPS) is 12.4. The third kappa shape index (κ3) is 3.49. The molecule has 2 aromatic rings. The van der Waals surface area contributed by atoms with Gasteiger partial charge in [-0.15, -0.1) is 11.3 Å². The highest BCUT2D eigenvalue weighted by atomic mass is 35.5. The highest BCUT2D eigenvalue weighted by Crippen LogP contribution is 2.35. The molecule has 1 amide bonds. The topological polar surface area (TPSA) is 81.1 Å². The number of carbonyl (C=O) groups excluding carboxylic acids is 1. The molecule has 1 aromatic heterocycles. The van der Waals surface area contributed by atoms with Crippen molar-refractivity contribution >= 4 is 40.2 Å². The molecular weight excluding hydrogens is 306 g/mol. The standard InChI is InChI=1S/C15H18ClN3OS/c1-8(2)13(12-4-3-5-21-12)19-14-10(15(18)20)6-9(17)7-11(14)16/h3-8,13,19H,17H2,1-2H3,(H2,18,20). The number of carbonyl (C=O) groups is 1. The number of hydrogen-bond acceptors (Lipinski definition) is 4. The van der Waals surface area contributed by atoms with Crippen LogP contribution in [0.4, 0.5) is 11.4 Å². The molecule has 0 spiro atoms. The molecule has 4 nitrogen and oxygen atoms in total. The third-order valence-electron chi connectivity index (χ3n) is 3.19. The number of halogens is 1. The number of nitrogens with two attached hydrogens (primary N) is 2. The highest BCUT2D eigenvalue weighted by molar-refractivity contribution is 7.10. The lowest BCUT2D eigenvalue weighted by atomic mass is 10.0. The van der Waals surface area contributed by atoms with Crippen LogP contribution in [-0.2, 0) is 0 Å². The number of anilines is 2. The average Bonchev–Trinajstić information content (AvgIpc) is 2.89. The second-order valence-corrected chi connectivity index (χ2v) is 6.56. The molecule has 0 saturated heterocycles. The van der Waals surface area contributed by atoms with Crippen molar-refractivity contribution in [3.8, 4) is 0 Å². The summed E-state index contributed by atoms with van der Waals surface area (Å²) in [5.74, 6) is -0.238. The van der Waals surface area contributed by atoms with Gasteiger partial charge in [0, 0.05) is 10.6 Å². The van der Waals surface area contributed by atoms with Crippen molar-refractivity contribution in [1.82, 2.24) is 0 Å². The predicted molar refractivity (Wildman–Crippen MR) is 89.9 cm³/mol. The predicted octanol–water partition coefficient (Wildman–Crippen LogP) is 3.89. The molecule has 6 heteroatoms. The Morgan fingerprint density at radius 3 is 2.62 bits per heavy atom. The molecule has 0 bridgehead atoms. The van der Waals surface area contributed by atoms with Gasteiger partial charge in [0.15, 0.2) is 0 Å². The molecule has 0 fully saturated rings. The minimum atomic E-state index is -0.555. The summed E-state index contributed by atoms with van der Waals surface area (Å²) >= 11 is 7.90. The fraction of sp³-hybridized carbons (Fsp3) is 0.267. The Morgan fingerprint density at radius 1 is 1.38 bits per heavy atom. The monoisotopic (exact) mass is 323 g/mol. The van der Waals surface area contributed by atoms with Crippen LogP contribution in [0.5, 0.6) is 0 Å². The number of amides is 1. The molecule has 112 valence electrons. The van der Waals surface area contributed by atoms with Crippen LogP contribution in [0.1, 0.15) is 35.1 Å². The third-order valence-corrected chi connectivity index (χ3v) is 4.45. The molecule has 0 aliphatic rings. The Hall–Kier alpha value is -1.72. The van der Waals surface area contributed by atoms with Gasteiger partial charge >= 0.3 is 0 Å². The average molecular weight is 324 g/mol. The van der Waals surface area contributed by atoms with Gasteiger partial charge in [0.25, 0.3) is 5.91 Å². The lowest BCUT2D eigenvalue weighted by Gasteiger charge is -2.24. The number of hydrogen-bond donors (Lipinski definition) is 3. The maximum Gasteiger partial charge on any atom is 0.250 e. The number of nitrogens with one attached hydrogen (secondary N) is 1. The van der Waals surface area contributed by atoms with Gasteiger partial charge in [-0.05, 0) is 29.5 Å². The fourth-order valence-corrected chi connectivity index (χ4v) is 3.39. The Balaban J connectivity index is 2.44. The molecule has 0 saturated carbocycles. The van der Waals surface area contributed by atoms with E-state index in [-0.39, 0.29) is 6.04 Å². The van der Waals surface area contributed by atoms with Crippen LogP contribution in [-0.4, -0.2) is 5.91 Å². The SMILES string of the molecule is CC(C)C(Nc1c(Cl)cc(N)cc1C(N)=O)c1cccs1. The second-order valence-electron chi connectivity index (χ2n) is 5.17. The molecule has 2 rings (SSSR count). The molecule has 21 heavy (non-hydrogen) atoms. The maximum atomic E-state index is 11.6. The van der Waals surface area contributed by atoms with E-state index in [0.717, 1.165) is 0 Å². The first-order valence-corrected chi connectivity index (χ1v) is 7.84. The molecular formula is C15H18ClN3OS. The van der Waals surface area contributed by atoms with Gasteiger partial charge in [-0.25, -0.2) is 0 Å². The molecule has 1 unspecified atom stereocenters. The van der Waals surface area contributed by atoms with E-state index in [0.29, 0.717) is 27.9 Å². The van der Waals surface area contributed by atoms with Crippen molar-refractivity contribution in [1.29, 1.82) is 0 Å². The Labute approximate surface area is 133 Å². The largest absolute Gasteiger partial charge is 0.399 e. The zero-order valence-electron chi connectivity index (χ0n) is 11.9. The van der Waals surface area contributed by atoms with Crippen LogP contribution >= 0.6 is 22.9 Å². The summed E-state index contributed by atoms with van der Waals surface area (Å²) in [6.45, 7) is 4.21. The van der Waals surface area contributed by atoms with Gasteiger partial charge < -0.3 is 16.8 Å². The summed E-state index contributed by atoms with van der Waals surface area (Å²) < 4.78 is 0. The van der Waals surface area contributed by atoms with Gasteiger partial charge in [-0.2, -0.15) is 0 Å². The van der Waals surface area contributed by atoms with Gasteiger partial charge in [0.05, 0.1) is 22.3 Å². The Kier molecular flexibility index (Phi) is 4.75. The Morgan fingerprint density at radius 2 is 2.10 bits per heavy atom. The second kappa shape index (κ2) is 6.37. The van der Waals surface area contributed by atoms with Gasteiger partial charge in [0.1, 0.15) is 0 Å². The van der Waals surface area contributed by atoms with E-state index in [9.17, 15) is 4.79 Å². The minimum Gasteiger partial charge on any atom is -0.399 e. The molecule has 1 heterocycles. The van der Waals surface area contributed by atoms with Crippen LogP contribution in [0.2, 0.25) is 5.02 Å². The number of nitrogen functional groups attached to an aromatic ring is 1. The summed E-state index contributed by atoms with van der Waals surface area (Å²) in [4.78, 5) is 12.8. The summed E-state index contributed by atoms with van der Waals surface area (Å²) in [5, 5.41) is 5.76. The van der Waals surface area contributed by atoms with E-state index >= 15 is 0 Å². The van der Waals surface area contributed by atoms with E-state index in [1.807, 2.05) is 11.4 Å². The highest BCUT2D eigenvalue weighted by Gasteiger charge is 2.21. The van der Waals surface area contributed by atoms with Crippen molar-refractivity contribution in [3.05, 3.63) is 45.1 Å². The van der Waals surface area contributed by atoms with Crippen molar-refractivity contribution in [3.63, 3.8) is 0 Å². The van der Waals surface area contributed by atoms with Crippen LogP contribution in [0, 0.1) is 5.92 Å². The smallest absolute Gasteiger partial charge is 0.250 e. The summed E-state index contributed by atoms with van der Waals surface area (Å²) in [6, 6.07) is 7.25. The summed E-state index contributed by atoms with van der Waals surface area (Å²) in [7, 11) is 0. The van der Waals surface area contributed by atoms with Crippen LogP contribution < -0.4 is 16.8 Å². The van der Waals surface area contributed by atoms with Crippen molar-refractivity contribution in [2.24, 2.45) is 11.7 Å². The molecule has 0 radical (unpaired) electrons. The molecule has 1 aromatic carbocycles. The van der Waals surface area contributed by atoms with Crippen molar-refractivity contribution in [2.75, 3.05) is 11.1 Å². The van der Waals surface area contributed by atoms with E-state index in [1.165, 1.54) is 4.88 Å². The maximum absolute atomic E-state index is 11.6. The molecule has 1 atom stereocenters. The zero-order valence-corrected chi connectivity index (χ0v) is 13.5. The zero-order chi connectivity index (χ0) is 15.6. The lowest BCUT2D eigenvalue weighted by molar-refractivity contribution is 0.100. The summed E-state index contributed by atoms with van der Waals surface area (Å²) in [6.07, 6.45) is 0. The number of primary amides is 1. The minimum absolute atomic E-state index is 0.0456. The Bertz CT molecular complexity index is 641. The molecule has 5 N–H and O–H groups in total. The van der Waals surface area contributed by atoms with E-state index in [1.54, 1.807) is 23.5 Å². The van der Waals surface area contributed by atoms with E-state index < -0.39 is 5.91 Å².